The van der Waals surface area contributed by atoms with Gasteiger partial charge in [-0.2, -0.15) is 5.10 Å². The van der Waals surface area contributed by atoms with Crippen molar-refractivity contribution in [2.45, 2.75) is 33.2 Å². The summed E-state index contributed by atoms with van der Waals surface area (Å²) in [6.45, 7) is 4.24. The van der Waals surface area contributed by atoms with Crippen molar-refractivity contribution in [1.29, 1.82) is 0 Å². The van der Waals surface area contributed by atoms with Crippen molar-refractivity contribution >= 4 is 29.4 Å². The number of imide groups is 1. The highest BCUT2D eigenvalue weighted by Crippen LogP contribution is 2.23. The zero-order valence-corrected chi connectivity index (χ0v) is 16.0. The van der Waals surface area contributed by atoms with E-state index >= 15 is 0 Å². The number of ether oxygens (including phenoxy) is 1. The van der Waals surface area contributed by atoms with Crippen LogP contribution in [-0.2, 0) is 11.3 Å². The summed E-state index contributed by atoms with van der Waals surface area (Å²) in [4.78, 5) is 38.1. The number of hydrogen-bond acceptors (Lipinski definition) is 5. The van der Waals surface area contributed by atoms with Crippen molar-refractivity contribution in [3.05, 3.63) is 51.8 Å². The van der Waals surface area contributed by atoms with Crippen molar-refractivity contribution < 1.29 is 19.1 Å². The summed E-state index contributed by atoms with van der Waals surface area (Å²) in [6, 6.07) is 6.62. The molecule has 0 N–H and O–H groups in total. The van der Waals surface area contributed by atoms with E-state index in [4.69, 9.17) is 16.3 Å². The summed E-state index contributed by atoms with van der Waals surface area (Å²) >= 11 is 6.25. The first-order valence-electron chi connectivity index (χ1n) is 8.81. The number of aryl methyl sites for hydroxylation is 2. The Morgan fingerprint density at radius 2 is 1.78 bits per heavy atom. The fourth-order valence-electron chi connectivity index (χ4n) is 2.99. The van der Waals surface area contributed by atoms with E-state index in [0.717, 1.165) is 17.7 Å². The molecular weight excluding hydrogens is 370 g/mol. The van der Waals surface area contributed by atoms with Gasteiger partial charge in [-0.15, -0.1) is 0 Å². The molecule has 1 aliphatic heterocycles. The number of esters is 1. The van der Waals surface area contributed by atoms with Crippen LogP contribution in [0.1, 0.15) is 56.5 Å². The maximum absolute atomic E-state index is 12.4. The van der Waals surface area contributed by atoms with Crippen LogP contribution in [0.3, 0.4) is 0 Å². The third-order valence-corrected chi connectivity index (χ3v) is 4.80. The maximum Gasteiger partial charge on any atom is 0.343 e. The summed E-state index contributed by atoms with van der Waals surface area (Å²) in [6.07, 6.45) is 1.88. The van der Waals surface area contributed by atoms with Gasteiger partial charge in [0.25, 0.3) is 11.8 Å². The maximum atomic E-state index is 12.4. The van der Waals surface area contributed by atoms with Gasteiger partial charge >= 0.3 is 5.97 Å². The van der Waals surface area contributed by atoms with Crippen molar-refractivity contribution in [3.63, 3.8) is 0 Å². The molecule has 0 spiro atoms. The van der Waals surface area contributed by atoms with Gasteiger partial charge in [-0.05, 0) is 25.5 Å². The minimum atomic E-state index is -0.614. The smallest absolute Gasteiger partial charge is 0.343 e. The molecule has 2 amide bonds. The van der Waals surface area contributed by atoms with Gasteiger partial charge < -0.3 is 4.74 Å². The van der Waals surface area contributed by atoms with Crippen LogP contribution in [0.25, 0.3) is 0 Å². The minimum absolute atomic E-state index is 0.0152. The SMILES string of the molecule is CCCCn1nc(C)c(C(=O)OCCN2C(=O)c3ccccc3C2=O)c1Cl. The van der Waals surface area contributed by atoms with E-state index in [0.29, 0.717) is 23.4 Å². The third-order valence-electron chi connectivity index (χ3n) is 4.42. The van der Waals surface area contributed by atoms with Gasteiger partial charge in [-0.1, -0.05) is 37.1 Å². The summed E-state index contributed by atoms with van der Waals surface area (Å²) in [7, 11) is 0. The van der Waals surface area contributed by atoms with E-state index in [2.05, 4.69) is 12.0 Å². The molecule has 0 atom stereocenters. The van der Waals surface area contributed by atoms with Crippen molar-refractivity contribution in [1.82, 2.24) is 14.7 Å². The van der Waals surface area contributed by atoms with Crippen molar-refractivity contribution in [3.8, 4) is 0 Å². The van der Waals surface area contributed by atoms with E-state index in [9.17, 15) is 14.4 Å². The van der Waals surface area contributed by atoms with Crippen molar-refractivity contribution in [2.24, 2.45) is 0 Å². The molecule has 2 aromatic rings. The average molecular weight is 390 g/mol. The van der Waals surface area contributed by atoms with Gasteiger partial charge in [0.1, 0.15) is 17.3 Å². The molecule has 0 saturated carbocycles. The summed E-state index contributed by atoms with van der Waals surface area (Å²) in [5.74, 6) is -1.38. The van der Waals surface area contributed by atoms with Gasteiger partial charge in [-0.25, -0.2) is 4.79 Å². The molecule has 0 radical (unpaired) electrons. The Kier molecular flexibility index (Phi) is 5.60. The van der Waals surface area contributed by atoms with E-state index in [1.807, 2.05) is 0 Å². The predicted molar refractivity (Wildman–Crippen MR) is 99.0 cm³/mol. The Morgan fingerprint density at radius 3 is 2.37 bits per heavy atom. The Labute approximate surface area is 161 Å². The molecular formula is C19H20ClN3O4. The van der Waals surface area contributed by atoms with E-state index in [1.165, 1.54) is 0 Å². The molecule has 142 valence electrons. The number of carbonyl (C=O) groups excluding carboxylic acids is 3. The summed E-state index contributed by atoms with van der Waals surface area (Å²) in [5.41, 5.74) is 1.44. The lowest BCUT2D eigenvalue weighted by molar-refractivity contribution is 0.0420. The molecule has 0 fully saturated rings. The summed E-state index contributed by atoms with van der Waals surface area (Å²) in [5, 5.41) is 4.51. The first-order valence-corrected chi connectivity index (χ1v) is 9.18. The second kappa shape index (κ2) is 7.92. The van der Waals surface area contributed by atoms with Gasteiger partial charge in [0.2, 0.25) is 0 Å². The second-order valence-electron chi connectivity index (χ2n) is 6.27. The Balaban J connectivity index is 1.62. The van der Waals surface area contributed by atoms with Crippen LogP contribution < -0.4 is 0 Å². The Hall–Kier alpha value is -2.67. The van der Waals surface area contributed by atoms with E-state index in [1.54, 1.807) is 35.9 Å². The Bertz CT molecular complexity index is 871. The quantitative estimate of drug-likeness (QED) is 0.537. The first-order chi connectivity index (χ1) is 13.0. The molecule has 7 nitrogen and oxygen atoms in total. The fraction of sp³-hybridized carbons (Fsp3) is 0.368. The fourth-order valence-corrected chi connectivity index (χ4v) is 3.32. The highest BCUT2D eigenvalue weighted by atomic mass is 35.5. The van der Waals surface area contributed by atoms with Crippen molar-refractivity contribution in [2.75, 3.05) is 13.2 Å². The van der Waals surface area contributed by atoms with Crippen LogP contribution in [-0.4, -0.2) is 45.6 Å². The highest BCUT2D eigenvalue weighted by Gasteiger charge is 2.35. The number of amides is 2. The molecule has 0 unspecified atom stereocenters. The summed E-state index contributed by atoms with van der Waals surface area (Å²) < 4.78 is 6.83. The van der Waals surface area contributed by atoms with Crippen LogP contribution in [0.5, 0.6) is 0 Å². The van der Waals surface area contributed by atoms with Gasteiger partial charge in [-0.3, -0.25) is 19.2 Å². The van der Waals surface area contributed by atoms with Crippen LogP contribution >= 0.6 is 11.6 Å². The molecule has 1 aliphatic rings. The number of halogens is 1. The molecule has 27 heavy (non-hydrogen) atoms. The number of hydrogen-bond donors (Lipinski definition) is 0. The Morgan fingerprint density at radius 1 is 1.15 bits per heavy atom. The van der Waals surface area contributed by atoms with E-state index in [-0.39, 0.29) is 35.7 Å². The zero-order valence-electron chi connectivity index (χ0n) is 15.2. The molecule has 3 rings (SSSR count). The zero-order chi connectivity index (χ0) is 19.6. The average Bonchev–Trinajstić information content (AvgIpc) is 3.08. The molecule has 1 aromatic heterocycles. The molecule has 0 bridgehead atoms. The number of carbonyl (C=O) groups is 3. The molecule has 0 saturated heterocycles. The predicted octanol–water partition coefficient (Wildman–Crippen LogP) is 3.10. The highest BCUT2D eigenvalue weighted by molar-refractivity contribution is 6.32. The largest absolute Gasteiger partial charge is 0.460 e. The molecule has 2 heterocycles. The molecule has 0 aliphatic carbocycles. The van der Waals surface area contributed by atoms with Gasteiger partial charge in [0, 0.05) is 6.54 Å². The van der Waals surface area contributed by atoms with Crippen LogP contribution in [0, 0.1) is 6.92 Å². The number of rotatable bonds is 7. The van der Waals surface area contributed by atoms with Crippen LogP contribution in [0.15, 0.2) is 24.3 Å². The number of unbranched alkanes of at least 4 members (excludes halogenated alkanes) is 1. The van der Waals surface area contributed by atoms with Crippen LogP contribution in [0.2, 0.25) is 5.15 Å². The second-order valence-corrected chi connectivity index (χ2v) is 6.63. The lowest BCUT2D eigenvalue weighted by Gasteiger charge is -2.13. The number of benzene rings is 1. The van der Waals surface area contributed by atoms with Gasteiger partial charge in [0.05, 0.1) is 23.4 Å². The third kappa shape index (κ3) is 3.60. The lowest BCUT2D eigenvalue weighted by Crippen LogP contribution is -2.33. The molecule has 8 heteroatoms. The van der Waals surface area contributed by atoms with Crippen LogP contribution in [0.4, 0.5) is 0 Å². The topological polar surface area (TPSA) is 81.5 Å². The lowest BCUT2D eigenvalue weighted by atomic mass is 10.1. The standard InChI is InChI=1S/C19H20ClN3O4/c1-3-4-9-23-16(20)15(12(2)21-23)19(26)27-11-10-22-17(24)13-7-5-6-8-14(13)18(22)25/h5-8H,3-4,9-11H2,1-2H3. The minimum Gasteiger partial charge on any atom is -0.460 e. The van der Waals surface area contributed by atoms with E-state index < -0.39 is 5.97 Å². The first kappa shape index (κ1) is 19.1. The number of aromatic nitrogens is 2. The number of fused-ring (bicyclic) bond motifs is 1. The number of nitrogens with zero attached hydrogens (tertiary/aromatic N) is 3. The monoisotopic (exact) mass is 389 g/mol. The molecule has 1 aromatic carbocycles. The normalized spacial score (nSPS) is 13.2. The van der Waals surface area contributed by atoms with Gasteiger partial charge in [0.15, 0.2) is 0 Å².